The lowest BCUT2D eigenvalue weighted by atomic mass is 10.1. The highest BCUT2D eigenvalue weighted by molar-refractivity contribution is 8.00. The van der Waals surface area contributed by atoms with Gasteiger partial charge in [0.15, 0.2) is 0 Å². The first-order chi connectivity index (χ1) is 12.8. The second-order valence-electron chi connectivity index (χ2n) is 6.07. The lowest BCUT2D eigenvalue weighted by Crippen LogP contribution is -2.15. The number of benzene rings is 2. The van der Waals surface area contributed by atoms with Crippen molar-refractivity contribution in [1.29, 1.82) is 0 Å². The van der Waals surface area contributed by atoms with Gasteiger partial charge in [-0.15, -0.1) is 11.8 Å². The number of anilines is 2. The molecule has 0 saturated heterocycles. The molecule has 2 aromatic rings. The number of carbonyl (C=O) groups excluding carboxylic acids is 2. The van der Waals surface area contributed by atoms with Gasteiger partial charge in [0.25, 0.3) is 0 Å². The van der Waals surface area contributed by atoms with Crippen molar-refractivity contribution >= 4 is 40.9 Å². The third-order valence-electron chi connectivity index (χ3n) is 3.82. The van der Waals surface area contributed by atoms with Crippen molar-refractivity contribution in [3.63, 3.8) is 0 Å². The van der Waals surface area contributed by atoms with Gasteiger partial charge in [-0.2, -0.15) is 0 Å². The average Bonchev–Trinajstić information content (AvgIpc) is 2.62. The zero-order valence-corrected chi connectivity index (χ0v) is 16.1. The van der Waals surface area contributed by atoms with Gasteiger partial charge in [0.1, 0.15) is 0 Å². The van der Waals surface area contributed by atoms with Crippen LogP contribution >= 0.6 is 11.8 Å². The van der Waals surface area contributed by atoms with Crippen molar-refractivity contribution in [2.75, 3.05) is 16.4 Å². The molecule has 2 aromatic carbocycles. The molecule has 0 aliphatic carbocycles. The highest BCUT2D eigenvalue weighted by atomic mass is 32.2. The summed E-state index contributed by atoms with van der Waals surface area (Å²) in [7, 11) is 0. The fraction of sp³-hybridized carbons (Fsp3) is 0.250. The first-order valence-electron chi connectivity index (χ1n) is 8.45. The minimum absolute atomic E-state index is 0.0652. The van der Waals surface area contributed by atoms with Gasteiger partial charge in [0.2, 0.25) is 11.8 Å². The summed E-state index contributed by atoms with van der Waals surface area (Å²) in [6.45, 7) is 3.92. The van der Waals surface area contributed by atoms with Crippen LogP contribution in [0.25, 0.3) is 0 Å². The van der Waals surface area contributed by atoms with E-state index in [0.717, 1.165) is 21.7 Å². The summed E-state index contributed by atoms with van der Waals surface area (Å²) in [6, 6.07) is 12.9. The third-order valence-corrected chi connectivity index (χ3v) is 4.83. The summed E-state index contributed by atoms with van der Waals surface area (Å²) in [4.78, 5) is 35.2. The van der Waals surface area contributed by atoms with Gasteiger partial charge >= 0.3 is 5.97 Å². The Balaban J connectivity index is 1.83. The molecule has 0 aromatic heterocycles. The molecule has 0 bridgehead atoms. The number of thioether (sulfide) groups is 1. The quantitative estimate of drug-likeness (QED) is 0.599. The topological polar surface area (TPSA) is 95.5 Å². The summed E-state index contributed by atoms with van der Waals surface area (Å²) in [6.07, 6.45) is -0.264. The van der Waals surface area contributed by atoms with Crippen molar-refractivity contribution in [2.45, 2.75) is 31.6 Å². The maximum atomic E-state index is 12.2. The molecule has 0 unspecified atom stereocenters. The van der Waals surface area contributed by atoms with Crippen LogP contribution in [0.4, 0.5) is 11.4 Å². The van der Waals surface area contributed by atoms with Crippen LogP contribution in [0.15, 0.2) is 47.4 Å². The minimum Gasteiger partial charge on any atom is -0.481 e. The lowest BCUT2D eigenvalue weighted by Gasteiger charge is -2.11. The van der Waals surface area contributed by atoms with Gasteiger partial charge in [0.05, 0.1) is 12.2 Å². The molecule has 142 valence electrons. The van der Waals surface area contributed by atoms with Gasteiger partial charge in [-0.3, -0.25) is 14.4 Å². The molecule has 0 saturated carbocycles. The summed E-state index contributed by atoms with van der Waals surface area (Å²) in [5, 5.41) is 14.2. The second kappa shape index (κ2) is 9.78. The Morgan fingerprint density at radius 3 is 2.11 bits per heavy atom. The summed E-state index contributed by atoms with van der Waals surface area (Å²) >= 11 is 1.40. The van der Waals surface area contributed by atoms with E-state index in [-0.39, 0.29) is 30.4 Å². The van der Waals surface area contributed by atoms with Crippen LogP contribution in [0.3, 0.4) is 0 Å². The van der Waals surface area contributed by atoms with E-state index in [1.807, 2.05) is 44.2 Å². The molecule has 3 N–H and O–H groups in total. The number of carboxylic acids is 1. The van der Waals surface area contributed by atoms with Crippen LogP contribution in [0.2, 0.25) is 0 Å². The molecule has 0 aliphatic rings. The van der Waals surface area contributed by atoms with E-state index in [1.54, 1.807) is 12.1 Å². The molecule has 6 nitrogen and oxygen atoms in total. The number of para-hydroxylation sites is 1. The normalized spacial score (nSPS) is 10.3. The number of hydrogen-bond donors (Lipinski definition) is 3. The molecule has 2 rings (SSSR count). The monoisotopic (exact) mass is 386 g/mol. The molecule has 0 fully saturated rings. The predicted octanol–water partition coefficient (Wildman–Crippen LogP) is 3.84. The van der Waals surface area contributed by atoms with Crippen LogP contribution in [-0.4, -0.2) is 28.6 Å². The minimum atomic E-state index is -1.00. The summed E-state index contributed by atoms with van der Waals surface area (Å²) in [5.41, 5.74) is 3.49. The number of nitrogens with one attached hydrogen (secondary N) is 2. The number of rotatable bonds is 8. The first kappa shape index (κ1) is 20.5. The van der Waals surface area contributed by atoms with E-state index in [0.29, 0.717) is 5.69 Å². The Hall–Kier alpha value is -2.80. The van der Waals surface area contributed by atoms with Crippen molar-refractivity contribution < 1.29 is 19.5 Å². The van der Waals surface area contributed by atoms with E-state index in [1.165, 1.54) is 11.8 Å². The Kier molecular flexibility index (Phi) is 7.43. The molecular weight excluding hydrogens is 364 g/mol. The number of aliphatic carboxylic acids is 1. The van der Waals surface area contributed by atoms with E-state index in [9.17, 15) is 14.4 Å². The van der Waals surface area contributed by atoms with Crippen molar-refractivity contribution in [3.05, 3.63) is 53.6 Å². The molecule has 0 radical (unpaired) electrons. The van der Waals surface area contributed by atoms with Crippen molar-refractivity contribution in [2.24, 2.45) is 0 Å². The van der Waals surface area contributed by atoms with E-state index >= 15 is 0 Å². The maximum Gasteiger partial charge on any atom is 0.303 e. The molecule has 0 atom stereocenters. The predicted molar refractivity (Wildman–Crippen MR) is 107 cm³/mol. The van der Waals surface area contributed by atoms with Crippen LogP contribution in [-0.2, 0) is 14.4 Å². The van der Waals surface area contributed by atoms with Gasteiger partial charge in [-0.05, 0) is 49.2 Å². The highest BCUT2D eigenvalue weighted by Gasteiger charge is 2.09. The van der Waals surface area contributed by atoms with Crippen LogP contribution in [0.5, 0.6) is 0 Å². The molecule has 7 heteroatoms. The Morgan fingerprint density at radius 2 is 1.52 bits per heavy atom. The SMILES string of the molecule is Cc1cccc(C)c1NC(=O)CSc1ccc(NC(=O)CCC(=O)O)cc1. The largest absolute Gasteiger partial charge is 0.481 e. The van der Waals surface area contributed by atoms with Gasteiger partial charge in [-0.25, -0.2) is 0 Å². The fourth-order valence-electron chi connectivity index (χ4n) is 2.41. The maximum absolute atomic E-state index is 12.2. The van der Waals surface area contributed by atoms with Crippen LogP contribution in [0.1, 0.15) is 24.0 Å². The van der Waals surface area contributed by atoms with Crippen molar-refractivity contribution in [3.8, 4) is 0 Å². The van der Waals surface area contributed by atoms with Crippen molar-refractivity contribution in [1.82, 2.24) is 0 Å². The molecule has 0 heterocycles. The summed E-state index contributed by atoms with van der Waals surface area (Å²) < 4.78 is 0. The number of carboxylic acid groups (broad SMARTS) is 1. The molecule has 0 aliphatic heterocycles. The van der Waals surface area contributed by atoms with E-state index in [4.69, 9.17) is 5.11 Å². The molecule has 2 amide bonds. The molecule has 0 spiro atoms. The zero-order chi connectivity index (χ0) is 19.8. The zero-order valence-electron chi connectivity index (χ0n) is 15.2. The molecular formula is C20H22N2O4S. The Labute approximate surface area is 162 Å². The fourth-order valence-corrected chi connectivity index (χ4v) is 3.11. The second-order valence-corrected chi connectivity index (χ2v) is 7.12. The first-order valence-corrected chi connectivity index (χ1v) is 9.44. The number of aryl methyl sites for hydroxylation is 2. The van der Waals surface area contributed by atoms with E-state index in [2.05, 4.69) is 10.6 Å². The Morgan fingerprint density at radius 1 is 0.889 bits per heavy atom. The number of amides is 2. The molecule has 27 heavy (non-hydrogen) atoms. The number of carbonyl (C=O) groups is 3. The lowest BCUT2D eigenvalue weighted by molar-refractivity contribution is -0.138. The van der Waals surface area contributed by atoms with Crippen LogP contribution in [0, 0.1) is 13.8 Å². The third kappa shape index (κ3) is 6.79. The standard InChI is InChI=1S/C20H22N2O4S/c1-13-4-3-5-14(2)20(13)22-18(24)12-27-16-8-6-15(7-9-16)21-17(23)10-11-19(25)26/h3-9H,10-12H2,1-2H3,(H,21,23)(H,22,24)(H,25,26). The number of hydrogen-bond acceptors (Lipinski definition) is 4. The van der Waals surface area contributed by atoms with E-state index < -0.39 is 5.97 Å². The van der Waals surface area contributed by atoms with Gasteiger partial charge in [0, 0.05) is 22.7 Å². The van der Waals surface area contributed by atoms with Gasteiger partial charge in [-0.1, -0.05) is 18.2 Å². The average molecular weight is 386 g/mol. The van der Waals surface area contributed by atoms with Gasteiger partial charge < -0.3 is 15.7 Å². The van der Waals surface area contributed by atoms with Crippen LogP contribution < -0.4 is 10.6 Å². The highest BCUT2D eigenvalue weighted by Crippen LogP contribution is 2.23. The summed E-state index contributed by atoms with van der Waals surface area (Å²) in [5.74, 6) is -1.15. The smallest absolute Gasteiger partial charge is 0.303 e. The Bertz CT molecular complexity index is 814.